The first-order valence-corrected chi connectivity index (χ1v) is 25.9. The lowest BCUT2D eigenvalue weighted by Crippen LogP contribution is -2.64. The highest BCUT2D eigenvalue weighted by Crippen LogP contribution is 2.48. The number of hydrogen-bond donors (Lipinski definition) is 14. The van der Waals surface area contributed by atoms with E-state index in [2.05, 4.69) is 21.3 Å². The van der Waals surface area contributed by atoms with Crippen LogP contribution in [0.25, 0.3) is 0 Å². The fraction of sp³-hybridized carbons (Fsp3) is 0.886. The first-order chi connectivity index (χ1) is 30.7. The van der Waals surface area contributed by atoms with Gasteiger partial charge in [-0.15, -0.1) is 0 Å². The van der Waals surface area contributed by atoms with Crippen molar-refractivity contribution in [2.24, 2.45) is 11.8 Å². The number of amides is 4. The Hall–Kier alpha value is -1.54. The number of unbranched alkanes of at least 4 members (excludes halogenated alkanes) is 2. The Morgan fingerprint density at radius 2 is 0.969 bits per heavy atom. The van der Waals surface area contributed by atoms with E-state index >= 15 is 0 Å². The minimum absolute atomic E-state index is 0.0497. The zero-order valence-electron chi connectivity index (χ0n) is 36.0. The number of carbonyl (C=O) groups is 4. The molecule has 2 rings (SSSR count). The van der Waals surface area contributed by atoms with Crippen LogP contribution in [0.2, 0.25) is 0 Å². The molecule has 0 spiro atoms. The molecular weight excluding hydrogens is 954 g/mol. The smallest absolute Gasteiger partial charge is 0.326 e. The summed E-state index contributed by atoms with van der Waals surface area (Å²) in [6, 6.07) is -2.19. The molecule has 8 unspecified atom stereocenters. The van der Waals surface area contributed by atoms with Gasteiger partial charge in [-0.05, 0) is 49.3 Å². The SMILES string of the molecule is CC(=O)NC1[C@H](OCCCCC(=O)NCC(CO)COP(O)(=S)OCOP(O)(=S)OCC(CO)CNC(=O)CCCCO[C@@H]2OC(CO)[C@H](O)[C@H](O)C2NC(C)=O)OC(CO)[C@H](O)[C@@H]1O. The van der Waals surface area contributed by atoms with Crippen molar-refractivity contribution in [1.29, 1.82) is 0 Å². The Bertz CT molecular complexity index is 1440. The van der Waals surface area contributed by atoms with Crippen molar-refractivity contribution in [1.82, 2.24) is 21.3 Å². The van der Waals surface area contributed by atoms with Crippen LogP contribution in [0.4, 0.5) is 0 Å². The third-order valence-corrected chi connectivity index (χ3v) is 12.8. The lowest BCUT2D eigenvalue weighted by Gasteiger charge is -2.42. The molecule has 0 aromatic rings. The quantitative estimate of drug-likeness (QED) is 0.0171. The van der Waals surface area contributed by atoms with Crippen LogP contribution in [0, 0.1) is 11.8 Å². The minimum atomic E-state index is -4.01. The molecule has 2 aliphatic heterocycles. The second-order valence-corrected chi connectivity index (χ2v) is 20.8. The van der Waals surface area contributed by atoms with Crippen LogP contribution in [0.3, 0.4) is 0 Å². The number of ether oxygens (including phenoxy) is 4. The first-order valence-electron chi connectivity index (χ1n) is 20.7. The van der Waals surface area contributed by atoms with Gasteiger partial charge in [-0.2, -0.15) is 0 Å². The van der Waals surface area contributed by atoms with Gasteiger partial charge >= 0.3 is 13.4 Å². The van der Waals surface area contributed by atoms with Crippen molar-refractivity contribution in [2.75, 3.05) is 72.7 Å². The molecule has 380 valence electrons. The molecule has 0 bridgehead atoms. The van der Waals surface area contributed by atoms with Crippen molar-refractivity contribution < 1.29 is 107 Å². The van der Waals surface area contributed by atoms with Crippen LogP contribution < -0.4 is 21.3 Å². The van der Waals surface area contributed by atoms with Gasteiger partial charge < -0.3 is 99.9 Å². The normalized spacial score (nSPS) is 28.6. The highest BCUT2D eigenvalue weighted by Gasteiger charge is 2.46. The average molecular weight is 1020 g/mol. The molecule has 2 aliphatic rings. The third-order valence-electron chi connectivity index (χ3n) is 9.73. The Morgan fingerprint density at radius 3 is 1.29 bits per heavy atom. The van der Waals surface area contributed by atoms with Crippen LogP contribution in [0.5, 0.6) is 0 Å². The summed E-state index contributed by atoms with van der Waals surface area (Å²) >= 11 is 9.87. The van der Waals surface area contributed by atoms with Gasteiger partial charge in [0, 0.05) is 78.0 Å². The Balaban J connectivity index is 1.62. The molecule has 2 heterocycles. The molecule has 30 heteroatoms. The van der Waals surface area contributed by atoms with Gasteiger partial charge in [0.1, 0.15) is 48.7 Å². The summed E-state index contributed by atoms with van der Waals surface area (Å²) in [5.74, 6) is -3.19. The van der Waals surface area contributed by atoms with Gasteiger partial charge in [0.05, 0.1) is 26.4 Å². The summed E-state index contributed by atoms with van der Waals surface area (Å²) in [6.45, 7) is -9.28. The zero-order chi connectivity index (χ0) is 48.7. The van der Waals surface area contributed by atoms with E-state index in [0.29, 0.717) is 25.7 Å². The minimum Gasteiger partial charge on any atom is -0.396 e. The van der Waals surface area contributed by atoms with E-state index in [-0.39, 0.29) is 64.2 Å². The molecule has 0 saturated carbocycles. The zero-order valence-corrected chi connectivity index (χ0v) is 39.5. The van der Waals surface area contributed by atoms with Gasteiger partial charge in [-0.3, -0.25) is 28.2 Å². The molecule has 0 radical (unpaired) electrons. The highest BCUT2D eigenvalue weighted by molar-refractivity contribution is 8.07. The molecule has 2 fully saturated rings. The fourth-order valence-electron chi connectivity index (χ4n) is 6.08. The first kappa shape index (κ1) is 59.6. The molecule has 2 saturated heterocycles. The third kappa shape index (κ3) is 22.6. The number of rotatable bonds is 32. The highest BCUT2D eigenvalue weighted by atomic mass is 32.5. The molecule has 0 aliphatic carbocycles. The Morgan fingerprint density at radius 1 is 0.600 bits per heavy atom. The molecular formula is C35H66N4O22P2S2. The van der Waals surface area contributed by atoms with E-state index < -0.39 is 132 Å². The molecule has 14 atom stereocenters. The molecule has 65 heavy (non-hydrogen) atoms. The predicted octanol–water partition coefficient (Wildman–Crippen LogP) is -4.85. The molecule has 14 N–H and O–H groups in total. The van der Waals surface area contributed by atoms with Crippen molar-refractivity contribution in [2.45, 2.75) is 114 Å². The van der Waals surface area contributed by atoms with Crippen molar-refractivity contribution in [3.63, 3.8) is 0 Å². The predicted molar refractivity (Wildman–Crippen MR) is 229 cm³/mol. The van der Waals surface area contributed by atoms with Gasteiger partial charge in [0.25, 0.3) is 0 Å². The maximum absolute atomic E-state index is 12.4. The molecule has 26 nitrogen and oxygen atoms in total. The van der Waals surface area contributed by atoms with E-state index in [0.717, 1.165) is 0 Å². The number of aliphatic hydroxyl groups is 8. The lowest BCUT2D eigenvalue weighted by atomic mass is 9.97. The van der Waals surface area contributed by atoms with Crippen molar-refractivity contribution >= 4 is 60.7 Å². The van der Waals surface area contributed by atoms with E-state index in [9.17, 15) is 69.8 Å². The second-order valence-electron chi connectivity index (χ2n) is 15.1. The van der Waals surface area contributed by atoms with Gasteiger partial charge in [-0.1, -0.05) is 0 Å². The van der Waals surface area contributed by atoms with E-state index in [1.807, 2.05) is 0 Å². The average Bonchev–Trinajstić information content (AvgIpc) is 3.24. The summed E-state index contributed by atoms with van der Waals surface area (Å²) in [7, 11) is 0. The van der Waals surface area contributed by atoms with Crippen LogP contribution in [0.15, 0.2) is 0 Å². The largest absolute Gasteiger partial charge is 0.396 e. The van der Waals surface area contributed by atoms with Gasteiger partial charge in [0.2, 0.25) is 23.6 Å². The maximum Gasteiger partial charge on any atom is 0.326 e. The van der Waals surface area contributed by atoms with Gasteiger partial charge in [-0.25, -0.2) is 0 Å². The number of aliphatic hydroxyl groups excluding tert-OH is 8. The number of hydrogen-bond acceptors (Lipinski definition) is 22. The van der Waals surface area contributed by atoms with Crippen LogP contribution in [0.1, 0.15) is 52.4 Å². The summed E-state index contributed by atoms with van der Waals surface area (Å²) in [4.78, 5) is 68.7. The second kappa shape index (κ2) is 30.8. The Labute approximate surface area is 386 Å². The number of carbonyl (C=O) groups excluding carboxylic acids is 4. The summed E-state index contributed by atoms with van der Waals surface area (Å²) in [5, 5.41) is 89.4. The summed E-state index contributed by atoms with van der Waals surface area (Å²) < 4.78 is 42.7. The Kier molecular flexibility index (Phi) is 28.3. The topological polar surface area (TPSA) is 393 Å². The van der Waals surface area contributed by atoms with Crippen LogP contribution in [-0.4, -0.2) is 208 Å². The molecule has 0 aromatic carbocycles. The van der Waals surface area contributed by atoms with Crippen LogP contribution in [-0.2, 0) is 79.8 Å². The summed E-state index contributed by atoms with van der Waals surface area (Å²) in [6.07, 6.45) is -8.90. The van der Waals surface area contributed by atoms with Crippen molar-refractivity contribution in [3.8, 4) is 0 Å². The van der Waals surface area contributed by atoms with E-state index in [4.69, 9.17) is 60.7 Å². The van der Waals surface area contributed by atoms with E-state index in [1.165, 1.54) is 13.8 Å². The summed E-state index contributed by atoms with van der Waals surface area (Å²) in [5.41, 5.74) is 0. The standard InChI is InChI=1S/C35H66N4O22P2S2/c1-20(44)38-28-32(50)30(48)24(15-42)60-34(28)54-9-5-3-7-26(46)36-11-22(13-40)17-56-62(52,64)58-19-59-63(53,65)57-18-23(14-41)12-37-27(47)8-4-6-10-55-35-29(39-21(2)45)33(51)31(49)25(16-43)61-35/h22-25,28-35,40-43,48-51H,3-19H2,1-2H3,(H,36,46)(H,37,47)(H,38,44)(H,39,45)(H,52,64)(H,53,65)/t22?,23?,24?,25?,28?,29?,30-,31-,32+,33+,34+,35+,62?,63?/m0/s1. The van der Waals surface area contributed by atoms with E-state index in [1.54, 1.807) is 0 Å². The van der Waals surface area contributed by atoms with Crippen molar-refractivity contribution in [3.05, 3.63) is 0 Å². The lowest BCUT2D eigenvalue weighted by molar-refractivity contribution is -0.270. The monoisotopic (exact) mass is 1020 g/mol. The number of nitrogens with one attached hydrogen (secondary N) is 4. The van der Waals surface area contributed by atoms with Gasteiger partial charge in [0.15, 0.2) is 19.4 Å². The molecule has 4 amide bonds. The fourth-order valence-corrected chi connectivity index (χ4v) is 8.10. The van der Waals surface area contributed by atoms with Crippen LogP contribution >= 0.6 is 13.4 Å². The maximum atomic E-state index is 12.4. The molecule has 0 aromatic heterocycles.